The molecular weight excluding hydrogens is 352 g/mol. The maximum absolute atomic E-state index is 10.8. The third kappa shape index (κ3) is 1.61. The van der Waals surface area contributed by atoms with Gasteiger partial charge in [0.1, 0.15) is 35.6 Å². The lowest BCUT2D eigenvalue weighted by Gasteiger charge is -2.67. The van der Waals surface area contributed by atoms with Crippen LogP contribution in [0, 0.1) is 11.3 Å². The van der Waals surface area contributed by atoms with E-state index < -0.39 is 66.0 Å². The lowest BCUT2D eigenvalue weighted by atomic mass is 9.41. The van der Waals surface area contributed by atoms with Crippen LogP contribution in [0.1, 0.15) is 19.8 Å². The molecule has 10 heteroatoms. The molecule has 0 aromatic rings. The van der Waals surface area contributed by atoms with Gasteiger partial charge in [0.2, 0.25) is 0 Å². The molecule has 0 radical (unpaired) electrons. The van der Waals surface area contributed by atoms with Crippen LogP contribution in [-0.4, -0.2) is 97.8 Å². The van der Waals surface area contributed by atoms with Crippen LogP contribution in [0.3, 0.4) is 0 Å². The summed E-state index contributed by atoms with van der Waals surface area (Å²) in [6.07, 6.45) is -7.43. The van der Waals surface area contributed by atoms with E-state index in [-0.39, 0.29) is 18.9 Å². The van der Waals surface area contributed by atoms with Crippen LogP contribution >= 0.6 is 0 Å². The van der Waals surface area contributed by atoms with Gasteiger partial charge in [0.05, 0.1) is 18.6 Å². The summed E-state index contributed by atoms with van der Waals surface area (Å²) < 4.78 is 23.2. The van der Waals surface area contributed by atoms with Gasteiger partial charge >= 0.3 is 0 Å². The summed E-state index contributed by atoms with van der Waals surface area (Å²) in [7, 11) is 0. The average Bonchev–Trinajstić information content (AvgIpc) is 2.77. The first-order valence-corrected chi connectivity index (χ1v) is 8.85. The third-order valence-electron chi connectivity index (χ3n) is 7.38. The van der Waals surface area contributed by atoms with Crippen LogP contribution in [0.4, 0.5) is 0 Å². The van der Waals surface area contributed by atoms with Gasteiger partial charge in [0, 0.05) is 12.3 Å². The SMILES string of the molecule is C[C@@]12C[C@@]3(O)O[C@@H](O1)[C@]1(CO)[C@H]3C[C@@]12O[C@@H]1O[C@H](CO)[C@@H](O)[C@H](O)[C@H]1O. The molecule has 0 aromatic carbocycles. The highest BCUT2D eigenvalue weighted by molar-refractivity contribution is 5.37. The van der Waals surface area contributed by atoms with Gasteiger partial charge in [-0.3, -0.25) is 0 Å². The van der Waals surface area contributed by atoms with E-state index in [1.807, 2.05) is 0 Å². The fourth-order valence-corrected chi connectivity index (χ4v) is 6.06. The van der Waals surface area contributed by atoms with Crippen molar-refractivity contribution >= 4 is 0 Å². The number of hydrogen-bond acceptors (Lipinski definition) is 10. The Kier molecular flexibility index (Phi) is 3.37. The number of aliphatic hydroxyl groups excluding tert-OH is 5. The molecule has 11 atom stereocenters. The molecule has 26 heavy (non-hydrogen) atoms. The van der Waals surface area contributed by atoms with Crippen LogP contribution in [0.15, 0.2) is 0 Å². The summed E-state index contributed by atoms with van der Waals surface area (Å²) in [6.45, 7) is 0.840. The molecule has 7 rings (SSSR count). The fraction of sp³-hybridized carbons (Fsp3) is 1.00. The number of aliphatic hydroxyl groups is 6. The minimum Gasteiger partial charge on any atom is -0.395 e. The largest absolute Gasteiger partial charge is 0.395 e. The lowest BCUT2D eigenvalue weighted by Crippen LogP contribution is -2.80. The summed E-state index contributed by atoms with van der Waals surface area (Å²) in [5.74, 6) is -1.77. The van der Waals surface area contributed by atoms with Crippen LogP contribution in [-0.2, 0) is 18.9 Å². The Labute approximate surface area is 148 Å². The lowest BCUT2D eigenvalue weighted by molar-refractivity contribution is -0.424. The quantitative estimate of drug-likeness (QED) is 0.295. The second-order valence-corrected chi connectivity index (χ2v) is 8.42. The van der Waals surface area contributed by atoms with Crippen molar-refractivity contribution in [3.8, 4) is 0 Å². The van der Waals surface area contributed by atoms with Crippen molar-refractivity contribution < 1.29 is 49.6 Å². The normalized spacial score (nSPS) is 65.4. The maximum atomic E-state index is 10.8. The minimum absolute atomic E-state index is 0.139. The molecule has 4 saturated heterocycles. The summed E-state index contributed by atoms with van der Waals surface area (Å²) in [5, 5.41) is 60.6. The Morgan fingerprint density at radius 2 is 1.81 bits per heavy atom. The van der Waals surface area contributed by atoms with Gasteiger partial charge in [-0.25, -0.2) is 0 Å². The zero-order valence-corrected chi connectivity index (χ0v) is 14.2. The van der Waals surface area contributed by atoms with E-state index in [1.165, 1.54) is 0 Å². The van der Waals surface area contributed by atoms with Gasteiger partial charge in [-0.2, -0.15) is 0 Å². The van der Waals surface area contributed by atoms with Crippen molar-refractivity contribution in [1.29, 1.82) is 0 Å². The fourth-order valence-electron chi connectivity index (χ4n) is 6.06. The topological polar surface area (TPSA) is 158 Å². The van der Waals surface area contributed by atoms with Crippen LogP contribution < -0.4 is 0 Å². The second kappa shape index (κ2) is 4.95. The summed E-state index contributed by atoms with van der Waals surface area (Å²) in [4.78, 5) is 0. The molecule has 148 valence electrons. The van der Waals surface area contributed by atoms with Crippen LogP contribution in [0.2, 0.25) is 0 Å². The predicted octanol–water partition coefficient (Wildman–Crippen LogP) is -3.22. The van der Waals surface area contributed by atoms with E-state index in [4.69, 9.17) is 18.9 Å². The smallest absolute Gasteiger partial charge is 0.187 e. The molecule has 7 fully saturated rings. The Morgan fingerprint density at radius 1 is 1.08 bits per heavy atom. The number of hydrogen-bond donors (Lipinski definition) is 6. The first-order chi connectivity index (χ1) is 12.2. The minimum atomic E-state index is -1.56. The molecule has 0 unspecified atom stereocenters. The summed E-state index contributed by atoms with van der Waals surface area (Å²) in [6, 6.07) is 0. The molecule has 0 aromatic heterocycles. The molecule has 6 bridgehead atoms. The van der Waals surface area contributed by atoms with Crippen molar-refractivity contribution in [2.45, 2.75) is 73.8 Å². The molecule has 7 aliphatic rings. The van der Waals surface area contributed by atoms with Crippen LogP contribution in [0.5, 0.6) is 0 Å². The van der Waals surface area contributed by atoms with Crippen molar-refractivity contribution in [1.82, 2.24) is 0 Å². The van der Waals surface area contributed by atoms with Gasteiger partial charge in [0.25, 0.3) is 0 Å². The van der Waals surface area contributed by atoms with Gasteiger partial charge in [0.15, 0.2) is 18.4 Å². The van der Waals surface area contributed by atoms with Gasteiger partial charge in [-0.15, -0.1) is 0 Å². The first kappa shape index (κ1) is 17.7. The molecule has 0 amide bonds. The van der Waals surface area contributed by atoms with E-state index in [9.17, 15) is 30.6 Å². The summed E-state index contributed by atoms with van der Waals surface area (Å²) >= 11 is 0. The zero-order chi connectivity index (χ0) is 18.7. The number of ether oxygens (including phenoxy) is 4. The first-order valence-electron chi connectivity index (χ1n) is 8.85. The third-order valence-corrected chi connectivity index (χ3v) is 7.38. The molecule has 3 saturated carbocycles. The Balaban J connectivity index is 1.50. The molecular formula is C16H24O10. The maximum Gasteiger partial charge on any atom is 0.187 e. The van der Waals surface area contributed by atoms with E-state index in [1.54, 1.807) is 6.92 Å². The average molecular weight is 376 g/mol. The Hall–Kier alpha value is -0.400. The van der Waals surface area contributed by atoms with E-state index in [2.05, 4.69) is 0 Å². The zero-order valence-electron chi connectivity index (χ0n) is 14.2. The molecule has 0 spiro atoms. The Morgan fingerprint density at radius 3 is 2.46 bits per heavy atom. The Bertz CT molecular complexity index is 630. The highest BCUT2D eigenvalue weighted by atomic mass is 16.8. The van der Waals surface area contributed by atoms with E-state index in [0.29, 0.717) is 6.42 Å². The van der Waals surface area contributed by atoms with Crippen molar-refractivity contribution in [3.63, 3.8) is 0 Å². The number of rotatable bonds is 4. The molecule has 4 heterocycles. The molecule has 4 aliphatic heterocycles. The van der Waals surface area contributed by atoms with Crippen molar-refractivity contribution in [3.05, 3.63) is 0 Å². The predicted molar refractivity (Wildman–Crippen MR) is 79.1 cm³/mol. The second-order valence-electron chi connectivity index (χ2n) is 8.42. The molecule has 3 aliphatic carbocycles. The monoisotopic (exact) mass is 376 g/mol. The van der Waals surface area contributed by atoms with Gasteiger partial charge in [-0.1, -0.05) is 0 Å². The van der Waals surface area contributed by atoms with Crippen molar-refractivity contribution in [2.24, 2.45) is 11.3 Å². The molecule has 10 nitrogen and oxygen atoms in total. The van der Waals surface area contributed by atoms with Gasteiger partial charge < -0.3 is 49.6 Å². The highest BCUT2D eigenvalue weighted by Crippen LogP contribution is 2.81. The van der Waals surface area contributed by atoms with Crippen molar-refractivity contribution in [2.75, 3.05) is 13.2 Å². The van der Waals surface area contributed by atoms with Gasteiger partial charge in [-0.05, 0) is 13.3 Å². The van der Waals surface area contributed by atoms with E-state index >= 15 is 0 Å². The standard InChI is InChI=1S/C16H24O10/c1-13-4-15(22)7-2-16(13,14(7,5-18)12(25-13)26-15)24-11-10(21)9(20)8(19)6(3-17)23-11/h6-12,17-22H,2-5H2,1H3/t6-,7-,8-,9+,10-,11+,12-,13+,14+,15-,16+/m1/s1. The molecule has 6 N–H and O–H groups in total. The highest BCUT2D eigenvalue weighted by Gasteiger charge is 2.94. The van der Waals surface area contributed by atoms with E-state index in [0.717, 1.165) is 0 Å². The summed E-state index contributed by atoms with van der Waals surface area (Å²) in [5.41, 5.74) is -3.09. The van der Waals surface area contributed by atoms with Crippen LogP contribution in [0.25, 0.3) is 0 Å².